The van der Waals surface area contributed by atoms with Gasteiger partial charge in [-0.15, -0.1) is 0 Å². The topological polar surface area (TPSA) is 69.9 Å². The molecule has 14 aromatic rings. The molecular formula is C63H38N4O2. The molecule has 6 nitrogen and oxygen atoms in total. The molecule has 0 radical (unpaired) electrons. The van der Waals surface area contributed by atoms with Crippen molar-refractivity contribution in [2.45, 2.75) is 0 Å². The Morgan fingerprint density at radius 1 is 0.290 bits per heavy atom. The molecule has 14 rings (SSSR count). The van der Waals surface area contributed by atoms with E-state index in [1.54, 1.807) is 0 Å². The molecule has 0 aliphatic heterocycles. The molecule has 322 valence electrons. The van der Waals surface area contributed by atoms with E-state index in [-0.39, 0.29) is 0 Å². The molecular weight excluding hydrogens is 845 g/mol. The van der Waals surface area contributed by atoms with E-state index in [4.69, 9.17) is 23.8 Å². The summed E-state index contributed by atoms with van der Waals surface area (Å²) in [5.41, 5.74) is 15.9. The third-order valence-electron chi connectivity index (χ3n) is 13.5. The van der Waals surface area contributed by atoms with Gasteiger partial charge in [-0.2, -0.15) is 0 Å². The molecule has 0 saturated heterocycles. The lowest BCUT2D eigenvalue weighted by Gasteiger charge is -2.12. The van der Waals surface area contributed by atoms with Crippen molar-refractivity contribution in [1.29, 1.82) is 0 Å². The number of hydrogen-bond donors (Lipinski definition) is 0. The Kier molecular flexibility index (Phi) is 8.79. The summed E-state index contributed by atoms with van der Waals surface area (Å²) in [4.78, 5) is 15.0. The van der Waals surface area contributed by atoms with Crippen LogP contribution in [0.3, 0.4) is 0 Å². The van der Waals surface area contributed by atoms with Gasteiger partial charge in [0.15, 0.2) is 23.1 Å². The predicted octanol–water partition coefficient (Wildman–Crippen LogP) is 16.8. The van der Waals surface area contributed by atoms with Crippen molar-refractivity contribution in [2.75, 3.05) is 0 Å². The number of nitrogens with zero attached hydrogens (tertiary/aromatic N) is 4. The van der Waals surface area contributed by atoms with Gasteiger partial charge in [-0.05, 0) is 88.0 Å². The fourth-order valence-electron chi connectivity index (χ4n) is 10.3. The van der Waals surface area contributed by atoms with Crippen molar-refractivity contribution in [2.24, 2.45) is 0 Å². The number of rotatable bonds is 7. The van der Waals surface area contributed by atoms with E-state index in [9.17, 15) is 0 Å². The third kappa shape index (κ3) is 6.38. The molecule has 0 fully saturated rings. The second-order valence-corrected chi connectivity index (χ2v) is 17.5. The third-order valence-corrected chi connectivity index (χ3v) is 13.5. The van der Waals surface area contributed by atoms with E-state index in [1.165, 1.54) is 21.9 Å². The van der Waals surface area contributed by atoms with E-state index in [1.807, 2.05) is 66.7 Å². The molecule has 0 unspecified atom stereocenters. The summed E-state index contributed by atoms with van der Waals surface area (Å²) in [6, 6.07) is 80.3. The molecule has 0 bridgehead atoms. The maximum atomic E-state index is 6.90. The number of fused-ring (bicyclic) bond motifs is 9. The Labute approximate surface area is 396 Å². The zero-order valence-electron chi connectivity index (χ0n) is 37.0. The first-order valence-corrected chi connectivity index (χ1v) is 23.2. The van der Waals surface area contributed by atoms with Crippen molar-refractivity contribution in [1.82, 2.24) is 19.5 Å². The molecule has 0 N–H and O–H groups in total. The summed E-state index contributed by atoms with van der Waals surface area (Å²) in [5, 5.41) is 6.61. The Hall–Kier alpha value is -9.39. The summed E-state index contributed by atoms with van der Waals surface area (Å²) in [7, 11) is 0. The molecule has 0 saturated carbocycles. The van der Waals surface area contributed by atoms with Crippen LogP contribution in [-0.4, -0.2) is 19.5 Å². The first-order chi connectivity index (χ1) is 34.2. The van der Waals surface area contributed by atoms with Crippen LogP contribution < -0.4 is 0 Å². The molecule has 69 heavy (non-hydrogen) atoms. The molecule has 10 aromatic carbocycles. The maximum absolute atomic E-state index is 6.90. The van der Waals surface area contributed by atoms with Crippen LogP contribution in [0.2, 0.25) is 0 Å². The minimum absolute atomic E-state index is 0.609. The molecule has 0 spiro atoms. The van der Waals surface area contributed by atoms with Gasteiger partial charge in [0, 0.05) is 49.0 Å². The number of furan rings is 2. The number of hydrogen-bond acceptors (Lipinski definition) is 5. The van der Waals surface area contributed by atoms with Crippen LogP contribution in [0.4, 0.5) is 0 Å². The summed E-state index contributed by atoms with van der Waals surface area (Å²) in [6.07, 6.45) is 0. The van der Waals surface area contributed by atoms with Gasteiger partial charge in [0.1, 0.15) is 16.7 Å². The zero-order chi connectivity index (χ0) is 45.4. The van der Waals surface area contributed by atoms with Gasteiger partial charge in [0.2, 0.25) is 0 Å². The summed E-state index contributed by atoms with van der Waals surface area (Å²) >= 11 is 0. The first-order valence-electron chi connectivity index (χ1n) is 23.2. The minimum Gasteiger partial charge on any atom is -0.456 e. The minimum atomic E-state index is 0.609. The first kappa shape index (κ1) is 38.8. The SMILES string of the molecule is c1ccc(-c2ccc3c(c2)c2ccccc2n3-c2ccc(-c3ccc4c(c3)oc3cccc(-c5cccc(-c6nc(-c7ccccc7)nc(-c7ccccc7)n6)c5)c34)c3c2oc2ccccc23)cc1. The molecule has 0 amide bonds. The molecule has 4 heterocycles. The van der Waals surface area contributed by atoms with Crippen molar-refractivity contribution in [3.05, 3.63) is 231 Å². The van der Waals surface area contributed by atoms with Crippen LogP contribution in [0.15, 0.2) is 239 Å². The van der Waals surface area contributed by atoms with Crippen molar-refractivity contribution >= 4 is 65.7 Å². The number of benzene rings is 10. The lowest BCUT2D eigenvalue weighted by molar-refractivity contribution is 0.666. The van der Waals surface area contributed by atoms with Crippen LogP contribution in [0.25, 0.3) is 139 Å². The Bertz CT molecular complexity index is 4250. The highest BCUT2D eigenvalue weighted by atomic mass is 16.3. The zero-order valence-corrected chi connectivity index (χ0v) is 37.0. The van der Waals surface area contributed by atoms with Crippen molar-refractivity contribution in [3.63, 3.8) is 0 Å². The maximum Gasteiger partial charge on any atom is 0.164 e. The van der Waals surface area contributed by atoms with E-state index in [0.29, 0.717) is 17.5 Å². The smallest absolute Gasteiger partial charge is 0.164 e. The number of aromatic nitrogens is 4. The fraction of sp³-hybridized carbons (Fsp3) is 0. The van der Waals surface area contributed by atoms with E-state index in [0.717, 1.165) is 99.5 Å². The summed E-state index contributed by atoms with van der Waals surface area (Å²) in [5.74, 6) is 1.87. The van der Waals surface area contributed by atoms with Crippen molar-refractivity contribution < 1.29 is 8.83 Å². The van der Waals surface area contributed by atoms with E-state index in [2.05, 4.69) is 168 Å². The standard InChI is InChI=1S/C63H38N4O2/c1-4-16-39(17-5-1)42-31-34-53-51(37-42)48-24-10-12-27-52(48)67(53)54-35-33-47(59-49-25-11-13-28-55(49)69-60(54)59)44-30-32-50-57(38-44)68-56-29-15-26-46(58(50)56)43-22-14-23-45(36-43)63-65-61(40-18-6-2-7-19-40)64-62(66-63)41-20-8-3-9-21-41/h1-38H. The Morgan fingerprint density at radius 3 is 1.61 bits per heavy atom. The summed E-state index contributed by atoms with van der Waals surface area (Å²) in [6.45, 7) is 0. The van der Waals surface area contributed by atoms with Crippen LogP contribution >= 0.6 is 0 Å². The van der Waals surface area contributed by atoms with E-state index < -0.39 is 0 Å². The normalized spacial score (nSPS) is 11.8. The van der Waals surface area contributed by atoms with Gasteiger partial charge in [-0.3, -0.25) is 0 Å². The Balaban J connectivity index is 0.897. The van der Waals surface area contributed by atoms with Gasteiger partial charge >= 0.3 is 0 Å². The fourth-order valence-corrected chi connectivity index (χ4v) is 10.3. The molecule has 0 aliphatic carbocycles. The van der Waals surface area contributed by atoms with Crippen LogP contribution in [0.5, 0.6) is 0 Å². The largest absolute Gasteiger partial charge is 0.456 e. The lowest BCUT2D eigenvalue weighted by Crippen LogP contribution is -2.00. The van der Waals surface area contributed by atoms with Gasteiger partial charge < -0.3 is 13.4 Å². The van der Waals surface area contributed by atoms with Crippen molar-refractivity contribution in [3.8, 4) is 73.2 Å². The van der Waals surface area contributed by atoms with Gasteiger partial charge in [-0.1, -0.05) is 176 Å². The number of para-hydroxylation sites is 2. The highest BCUT2D eigenvalue weighted by molar-refractivity contribution is 6.18. The second kappa shape index (κ2) is 15.6. The molecule has 0 atom stereocenters. The Morgan fingerprint density at radius 2 is 0.841 bits per heavy atom. The highest BCUT2D eigenvalue weighted by Gasteiger charge is 2.22. The molecule has 0 aliphatic rings. The average molecular weight is 883 g/mol. The highest BCUT2D eigenvalue weighted by Crippen LogP contribution is 2.45. The van der Waals surface area contributed by atoms with Gasteiger partial charge in [-0.25, -0.2) is 15.0 Å². The molecule has 6 heteroatoms. The van der Waals surface area contributed by atoms with E-state index >= 15 is 0 Å². The van der Waals surface area contributed by atoms with Gasteiger partial charge in [0.05, 0.1) is 16.7 Å². The predicted molar refractivity (Wildman–Crippen MR) is 281 cm³/mol. The van der Waals surface area contributed by atoms with Gasteiger partial charge in [0.25, 0.3) is 0 Å². The average Bonchev–Trinajstić information content (AvgIpc) is 4.11. The van der Waals surface area contributed by atoms with Crippen LogP contribution in [-0.2, 0) is 0 Å². The lowest BCUT2D eigenvalue weighted by atomic mass is 9.95. The monoisotopic (exact) mass is 882 g/mol. The summed E-state index contributed by atoms with van der Waals surface area (Å²) < 4.78 is 16.0. The van der Waals surface area contributed by atoms with Crippen LogP contribution in [0.1, 0.15) is 0 Å². The molecule has 4 aromatic heterocycles. The second-order valence-electron chi connectivity index (χ2n) is 17.5. The van der Waals surface area contributed by atoms with Crippen LogP contribution in [0, 0.1) is 0 Å². The quantitative estimate of drug-likeness (QED) is 0.159.